The molecule has 4 aliphatic rings. The van der Waals surface area contributed by atoms with Crippen LogP contribution < -0.4 is 5.32 Å². The fourth-order valence-electron chi connectivity index (χ4n) is 8.24. The molecular weight excluding hydrogens is 676 g/mol. The Morgan fingerprint density at radius 1 is 0.925 bits per heavy atom. The van der Waals surface area contributed by atoms with Crippen molar-refractivity contribution in [1.29, 1.82) is 0 Å². The minimum absolute atomic E-state index is 0.0106. The van der Waals surface area contributed by atoms with Gasteiger partial charge in [0.1, 0.15) is 30.4 Å². The highest BCUT2D eigenvalue weighted by molar-refractivity contribution is 6.00. The van der Waals surface area contributed by atoms with E-state index in [0.29, 0.717) is 17.5 Å². The normalized spacial score (nSPS) is 28.6. The number of benzene rings is 3. The maximum absolute atomic E-state index is 15.2. The highest BCUT2D eigenvalue weighted by Gasteiger charge is 2.73. The fraction of sp³-hybridized carbons (Fsp3) is 0.350. The summed E-state index contributed by atoms with van der Waals surface area (Å²) < 4.78 is 13.9. The zero-order valence-corrected chi connectivity index (χ0v) is 28.9. The molecule has 1 spiro atoms. The molecule has 0 unspecified atom stereocenters. The summed E-state index contributed by atoms with van der Waals surface area (Å²) in [6.07, 6.45) is 7.07. The molecule has 7 atom stereocenters. The number of aliphatic hydroxyl groups is 1. The SMILES string of the molecule is O=C1CC/C=C\CN(Cn2nnc3ccccc32)C(=O)[C@H]2N([C@@H](CO)Cc3ccccc3)C(=O)[C@@H]3[C@@H](C(=O)N[C@@H](c4ccccc4)CO1)[C@H]1C=C[C@]32O1. The molecule has 4 aromatic rings. The quantitative estimate of drug-likeness (QED) is 0.217. The molecule has 13 heteroatoms. The minimum Gasteiger partial charge on any atom is -0.463 e. The zero-order valence-electron chi connectivity index (χ0n) is 28.9. The molecule has 13 nitrogen and oxygen atoms in total. The van der Waals surface area contributed by atoms with E-state index in [9.17, 15) is 19.5 Å². The second-order valence-corrected chi connectivity index (χ2v) is 13.9. The number of hydrogen-bond donors (Lipinski definition) is 2. The van der Waals surface area contributed by atoms with Gasteiger partial charge in [-0.25, -0.2) is 4.68 Å². The van der Waals surface area contributed by atoms with Crippen molar-refractivity contribution >= 4 is 34.7 Å². The smallest absolute Gasteiger partial charge is 0.306 e. The second-order valence-electron chi connectivity index (χ2n) is 13.9. The minimum atomic E-state index is -1.49. The number of allylic oxidation sites excluding steroid dienone is 1. The van der Waals surface area contributed by atoms with Crippen molar-refractivity contribution in [2.75, 3.05) is 19.8 Å². The van der Waals surface area contributed by atoms with E-state index in [1.165, 1.54) is 4.90 Å². The number of esters is 1. The van der Waals surface area contributed by atoms with Crippen LogP contribution in [0.4, 0.5) is 0 Å². The number of rotatable bonds is 7. The molecule has 2 N–H and O–H groups in total. The van der Waals surface area contributed by atoms with Gasteiger partial charge in [-0.2, -0.15) is 0 Å². The van der Waals surface area contributed by atoms with Crippen molar-refractivity contribution in [3.05, 3.63) is 120 Å². The molecule has 3 aromatic carbocycles. The highest BCUT2D eigenvalue weighted by Crippen LogP contribution is 2.56. The van der Waals surface area contributed by atoms with Crippen LogP contribution in [0.1, 0.15) is 30.0 Å². The van der Waals surface area contributed by atoms with Gasteiger partial charge < -0.3 is 29.7 Å². The monoisotopic (exact) mass is 716 g/mol. The number of cyclic esters (lactones) is 1. The Balaban J connectivity index is 1.22. The molecule has 5 heterocycles. The van der Waals surface area contributed by atoms with Crippen molar-refractivity contribution in [2.45, 2.75) is 55.8 Å². The third-order valence-corrected chi connectivity index (χ3v) is 10.7. The van der Waals surface area contributed by atoms with Crippen LogP contribution in [0.15, 0.2) is 109 Å². The topological polar surface area (TPSA) is 156 Å². The van der Waals surface area contributed by atoms with E-state index in [1.54, 1.807) is 27.8 Å². The van der Waals surface area contributed by atoms with Crippen molar-refractivity contribution in [2.24, 2.45) is 11.8 Å². The predicted molar refractivity (Wildman–Crippen MR) is 191 cm³/mol. The number of carbonyl (C=O) groups excluding carboxylic acids is 4. The number of carbonyl (C=O) groups is 4. The van der Waals surface area contributed by atoms with Crippen molar-refractivity contribution in [3.63, 3.8) is 0 Å². The molecule has 3 amide bonds. The molecular formula is C40H40N6O7. The van der Waals surface area contributed by atoms with E-state index in [-0.39, 0.29) is 32.7 Å². The summed E-state index contributed by atoms with van der Waals surface area (Å²) in [7, 11) is 0. The van der Waals surface area contributed by atoms with E-state index < -0.39 is 72.0 Å². The van der Waals surface area contributed by atoms with Crippen LogP contribution in [0.5, 0.6) is 0 Å². The Hall–Kier alpha value is -5.66. The average molecular weight is 717 g/mol. The Morgan fingerprint density at radius 3 is 2.47 bits per heavy atom. The Kier molecular flexibility index (Phi) is 9.35. The van der Waals surface area contributed by atoms with E-state index in [0.717, 1.165) is 11.1 Å². The van der Waals surface area contributed by atoms with E-state index >= 15 is 4.79 Å². The maximum atomic E-state index is 15.2. The number of nitrogens with one attached hydrogen (secondary N) is 1. The molecule has 0 saturated carbocycles. The van der Waals surface area contributed by atoms with Gasteiger partial charge in [-0.05, 0) is 36.1 Å². The van der Waals surface area contributed by atoms with Gasteiger partial charge in [-0.1, -0.05) is 102 Å². The van der Waals surface area contributed by atoms with Gasteiger partial charge in [-0.3, -0.25) is 19.2 Å². The van der Waals surface area contributed by atoms with Crippen LogP contribution in [-0.4, -0.2) is 97.1 Å². The van der Waals surface area contributed by atoms with Gasteiger partial charge in [0.15, 0.2) is 0 Å². The molecule has 2 fully saturated rings. The first-order valence-electron chi connectivity index (χ1n) is 17.9. The number of aromatic nitrogens is 3. The lowest BCUT2D eigenvalue weighted by atomic mass is 9.74. The number of aliphatic hydroxyl groups excluding tert-OH is 1. The summed E-state index contributed by atoms with van der Waals surface area (Å²) in [6, 6.07) is 23.3. The van der Waals surface area contributed by atoms with Crippen molar-refractivity contribution in [3.8, 4) is 0 Å². The average Bonchev–Trinajstić information content (AvgIpc) is 3.94. The molecule has 272 valence electrons. The van der Waals surface area contributed by atoms with Gasteiger partial charge in [0.2, 0.25) is 11.8 Å². The molecule has 0 radical (unpaired) electrons. The maximum Gasteiger partial charge on any atom is 0.306 e. The van der Waals surface area contributed by atoms with Crippen molar-refractivity contribution in [1.82, 2.24) is 30.1 Å². The van der Waals surface area contributed by atoms with Crippen LogP contribution in [0.3, 0.4) is 0 Å². The number of para-hydroxylation sites is 1. The Bertz CT molecular complexity index is 2070. The number of hydrogen-bond acceptors (Lipinski definition) is 9. The first kappa shape index (κ1) is 34.4. The molecule has 1 aromatic heterocycles. The van der Waals surface area contributed by atoms with Gasteiger partial charge >= 0.3 is 5.97 Å². The van der Waals surface area contributed by atoms with E-state index in [1.807, 2.05) is 91.0 Å². The summed E-state index contributed by atoms with van der Waals surface area (Å²) in [5, 5.41) is 22.6. The molecule has 0 aliphatic carbocycles. The number of nitrogens with zero attached hydrogens (tertiary/aromatic N) is 5. The summed E-state index contributed by atoms with van der Waals surface area (Å²) in [6.45, 7) is -0.431. The molecule has 4 aliphatic heterocycles. The van der Waals surface area contributed by atoms with Crippen LogP contribution >= 0.6 is 0 Å². The van der Waals surface area contributed by atoms with Crippen molar-refractivity contribution < 1.29 is 33.8 Å². The standard InChI is InChI=1S/C40H40N6O7/c47-23-28(22-26-12-4-1-5-13-26)46-36-39(51)44(25-45-31-17-10-9-16-29(31)42-43-45)21-11-3-8-18-33(48)52-24-30(27-14-6-2-7-15-27)41-37(49)34-32-19-20-40(36,53-32)35(34)38(46)50/h1-7,9-17,19-20,28,30,32,34-36,47H,8,18,21-25H2,(H,41,49)/b11-3-/t28-,30-,32-,34+,35+,36-,40+/m1/s1. The third kappa shape index (κ3) is 6.29. The van der Waals surface area contributed by atoms with Gasteiger partial charge in [-0.15, -0.1) is 5.10 Å². The van der Waals surface area contributed by atoms with Gasteiger partial charge in [0.05, 0.1) is 42.1 Å². The van der Waals surface area contributed by atoms with E-state index in [4.69, 9.17) is 9.47 Å². The number of likely N-dealkylation sites (tertiary alicyclic amines) is 1. The first-order chi connectivity index (χ1) is 25.9. The largest absolute Gasteiger partial charge is 0.463 e. The van der Waals surface area contributed by atoms with E-state index in [2.05, 4.69) is 15.6 Å². The lowest BCUT2D eigenvalue weighted by Crippen LogP contribution is -2.59. The number of amides is 3. The van der Waals surface area contributed by atoms with Crippen LogP contribution in [0.25, 0.3) is 11.0 Å². The Morgan fingerprint density at radius 2 is 1.68 bits per heavy atom. The zero-order chi connectivity index (χ0) is 36.5. The summed E-state index contributed by atoms with van der Waals surface area (Å²) in [5.41, 5.74) is 1.49. The number of fused-ring (bicyclic) bond motifs is 3. The molecule has 8 rings (SSSR count). The summed E-state index contributed by atoms with van der Waals surface area (Å²) >= 11 is 0. The van der Waals surface area contributed by atoms with Gasteiger partial charge in [0.25, 0.3) is 5.91 Å². The predicted octanol–water partition coefficient (Wildman–Crippen LogP) is 2.72. The lowest BCUT2D eigenvalue weighted by molar-refractivity contribution is -0.151. The van der Waals surface area contributed by atoms with Gasteiger partial charge in [0, 0.05) is 13.0 Å². The summed E-state index contributed by atoms with van der Waals surface area (Å²) in [5.74, 6) is -3.83. The summed E-state index contributed by atoms with van der Waals surface area (Å²) in [4.78, 5) is 60.5. The molecule has 5 bridgehead atoms. The van der Waals surface area contributed by atoms with Crippen LogP contribution in [0, 0.1) is 11.8 Å². The lowest BCUT2D eigenvalue weighted by Gasteiger charge is -2.38. The molecule has 2 saturated heterocycles. The first-order valence-corrected chi connectivity index (χ1v) is 17.9. The fourth-order valence-corrected chi connectivity index (χ4v) is 8.24. The molecule has 53 heavy (non-hydrogen) atoms. The third-order valence-electron chi connectivity index (χ3n) is 10.7. The van der Waals surface area contributed by atoms with Crippen LogP contribution in [-0.2, 0) is 41.7 Å². The Labute approximate surface area is 305 Å². The number of ether oxygens (including phenoxy) is 2. The van der Waals surface area contributed by atoms with Crippen LogP contribution in [0.2, 0.25) is 0 Å². The highest BCUT2D eigenvalue weighted by atomic mass is 16.5. The second kappa shape index (κ2) is 14.4.